The molecule has 0 atom stereocenters. The highest BCUT2D eigenvalue weighted by Crippen LogP contribution is 2.32. The second-order valence-corrected chi connectivity index (χ2v) is 4.24. The predicted molar refractivity (Wildman–Crippen MR) is 55.6 cm³/mol. The molecule has 7 heteroatoms. The molecule has 0 aromatic carbocycles. The van der Waals surface area contributed by atoms with Gasteiger partial charge in [-0.25, -0.2) is 4.98 Å². The lowest BCUT2D eigenvalue weighted by molar-refractivity contribution is -0.137. The van der Waals surface area contributed by atoms with E-state index in [2.05, 4.69) is 10.3 Å². The zero-order chi connectivity index (χ0) is 12.0. The molecule has 1 aromatic heterocycles. The third-order valence-corrected chi connectivity index (χ3v) is 2.93. The Hall–Kier alpha value is -0.660. The van der Waals surface area contributed by atoms with Crippen LogP contribution in [0.15, 0.2) is 6.20 Å². The number of nitrogens with one attached hydrogen (secondary N) is 1. The van der Waals surface area contributed by atoms with Crippen molar-refractivity contribution >= 4 is 11.3 Å². The molecule has 0 aliphatic heterocycles. The Bertz CT molecular complexity index is 314. The number of nitrogens with zero attached hydrogens (tertiary/aromatic N) is 1. The second kappa shape index (κ2) is 6.17. The van der Waals surface area contributed by atoms with Gasteiger partial charge in [0, 0.05) is 31.3 Å². The van der Waals surface area contributed by atoms with Crippen molar-refractivity contribution in [3.05, 3.63) is 16.1 Å². The first-order chi connectivity index (χ1) is 7.54. The summed E-state index contributed by atoms with van der Waals surface area (Å²) in [5.74, 6) is 0. The number of alkyl halides is 3. The lowest BCUT2D eigenvalue weighted by atomic mass is 10.4. The molecule has 0 saturated heterocycles. The van der Waals surface area contributed by atoms with E-state index in [0.717, 1.165) is 0 Å². The lowest BCUT2D eigenvalue weighted by Gasteiger charge is -2.02. The first kappa shape index (κ1) is 13.4. The van der Waals surface area contributed by atoms with E-state index in [4.69, 9.17) is 4.74 Å². The molecule has 0 bridgehead atoms. The number of rotatable bonds is 6. The molecule has 0 aliphatic rings. The molecule has 3 nitrogen and oxygen atoms in total. The minimum absolute atomic E-state index is 0.553. The van der Waals surface area contributed by atoms with Gasteiger partial charge in [0.15, 0.2) is 5.01 Å². The molecular formula is C9H13F3N2OS. The predicted octanol–water partition coefficient (Wildman–Crippen LogP) is 1.94. The van der Waals surface area contributed by atoms with Gasteiger partial charge in [0.05, 0.1) is 6.61 Å². The molecule has 1 heterocycles. The summed E-state index contributed by atoms with van der Waals surface area (Å²) < 4.78 is 41.4. The largest absolute Gasteiger partial charge is 0.443 e. The first-order valence-electron chi connectivity index (χ1n) is 4.75. The third-order valence-electron chi connectivity index (χ3n) is 1.83. The van der Waals surface area contributed by atoms with E-state index in [-0.39, 0.29) is 0 Å². The highest BCUT2D eigenvalue weighted by Gasteiger charge is 2.34. The van der Waals surface area contributed by atoms with Gasteiger partial charge in [0.2, 0.25) is 0 Å². The van der Waals surface area contributed by atoms with Crippen LogP contribution in [0.1, 0.15) is 9.88 Å². The Balaban J connectivity index is 2.30. The first-order valence-corrected chi connectivity index (χ1v) is 5.57. The molecule has 0 spiro atoms. The van der Waals surface area contributed by atoms with Gasteiger partial charge >= 0.3 is 6.18 Å². The second-order valence-electron chi connectivity index (χ2n) is 3.12. The fourth-order valence-electron chi connectivity index (χ4n) is 1.06. The van der Waals surface area contributed by atoms with Gasteiger partial charge in [0.1, 0.15) is 0 Å². The molecule has 0 saturated carbocycles. The normalized spacial score (nSPS) is 12.0. The summed E-state index contributed by atoms with van der Waals surface area (Å²) in [7, 11) is 1.60. The van der Waals surface area contributed by atoms with Crippen molar-refractivity contribution in [1.82, 2.24) is 10.3 Å². The Morgan fingerprint density at radius 3 is 2.75 bits per heavy atom. The minimum Gasteiger partial charge on any atom is -0.383 e. The van der Waals surface area contributed by atoms with Crippen LogP contribution in [0.5, 0.6) is 0 Å². The Morgan fingerprint density at radius 2 is 2.19 bits per heavy atom. The van der Waals surface area contributed by atoms with Crippen LogP contribution < -0.4 is 5.32 Å². The Labute approximate surface area is 95.6 Å². The summed E-state index contributed by atoms with van der Waals surface area (Å²) in [5, 5.41) is 2.28. The fraction of sp³-hybridized carbons (Fsp3) is 0.667. The van der Waals surface area contributed by atoms with Crippen LogP contribution in [0.3, 0.4) is 0 Å². The average molecular weight is 254 g/mol. The molecular weight excluding hydrogens is 241 g/mol. The van der Waals surface area contributed by atoms with Crippen LogP contribution in [-0.2, 0) is 17.3 Å². The summed E-state index contributed by atoms with van der Waals surface area (Å²) in [4.78, 5) is 3.98. The molecule has 0 unspecified atom stereocenters. The summed E-state index contributed by atoms with van der Waals surface area (Å²) in [5.41, 5.74) is 0. The van der Waals surface area contributed by atoms with Crippen LogP contribution in [0.25, 0.3) is 0 Å². The SMILES string of the molecule is COCCNCCc1cnc(C(F)(F)F)s1. The Morgan fingerprint density at radius 1 is 1.44 bits per heavy atom. The van der Waals surface area contributed by atoms with Gasteiger partial charge in [0.25, 0.3) is 0 Å². The average Bonchev–Trinajstić information content (AvgIpc) is 2.65. The molecule has 0 amide bonds. The number of hydrogen-bond acceptors (Lipinski definition) is 4. The van der Waals surface area contributed by atoms with Crippen LogP contribution in [0.2, 0.25) is 0 Å². The summed E-state index contributed by atoms with van der Waals surface area (Å²) in [6.45, 7) is 1.92. The van der Waals surface area contributed by atoms with E-state index in [1.165, 1.54) is 6.20 Å². The van der Waals surface area contributed by atoms with Crippen molar-refractivity contribution in [3.8, 4) is 0 Å². The van der Waals surface area contributed by atoms with E-state index in [0.29, 0.717) is 42.3 Å². The van der Waals surface area contributed by atoms with Gasteiger partial charge < -0.3 is 10.1 Å². The lowest BCUT2D eigenvalue weighted by Crippen LogP contribution is -2.21. The van der Waals surface area contributed by atoms with E-state index >= 15 is 0 Å². The van der Waals surface area contributed by atoms with Crippen LogP contribution >= 0.6 is 11.3 Å². The van der Waals surface area contributed by atoms with Gasteiger partial charge in [-0.1, -0.05) is 0 Å². The quantitative estimate of drug-likeness (QED) is 0.788. The number of hydrogen-bond donors (Lipinski definition) is 1. The van der Waals surface area contributed by atoms with E-state index in [1.807, 2.05) is 0 Å². The van der Waals surface area contributed by atoms with Crippen molar-refractivity contribution in [1.29, 1.82) is 0 Å². The van der Waals surface area contributed by atoms with Crippen molar-refractivity contribution < 1.29 is 17.9 Å². The van der Waals surface area contributed by atoms with Crippen molar-refractivity contribution in [2.75, 3.05) is 26.8 Å². The Kier molecular flexibility index (Phi) is 5.17. The van der Waals surface area contributed by atoms with Crippen LogP contribution in [0.4, 0.5) is 13.2 Å². The van der Waals surface area contributed by atoms with Gasteiger partial charge in [-0.2, -0.15) is 13.2 Å². The monoisotopic (exact) mass is 254 g/mol. The summed E-state index contributed by atoms with van der Waals surface area (Å²) in [6.07, 6.45) is -2.49. The molecule has 0 aliphatic carbocycles. The van der Waals surface area contributed by atoms with Gasteiger partial charge in [-0.15, -0.1) is 11.3 Å². The number of ether oxygens (including phenoxy) is 1. The minimum atomic E-state index is -4.33. The maximum atomic E-state index is 12.2. The fourth-order valence-corrected chi connectivity index (χ4v) is 1.84. The molecule has 92 valence electrons. The van der Waals surface area contributed by atoms with Crippen molar-refractivity contribution in [2.45, 2.75) is 12.6 Å². The van der Waals surface area contributed by atoms with Gasteiger partial charge in [-0.05, 0) is 6.42 Å². The number of aromatic nitrogens is 1. The molecule has 1 rings (SSSR count). The number of thiazole rings is 1. The number of halogens is 3. The van der Waals surface area contributed by atoms with E-state index in [9.17, 15) is 13.2 Å². The van der Waals surface area contributed by atoms with Crippen molar-refractivity contribution in [2.24, 2.45) is 0 Å². The van der Waals surface area contributed by atoms with Crippen LogP contribution in [-0.4, -0.2) is 31.8 Å². The smallest absolute Gasteiger partial charge is 0.383 e. The zero-order valence-corrected chi connectivity index (χ0v) is 9.62. The summed E-state index contributed by atoms with van der Waals surface area (Å²) in [6, 6.07) is 0. The van der Waals surface area contributed by atoms with E-state index in [1.54, 1.807) is 7.11 Å². The number of methoxy groups -OCH3 is 1. The molecule has 0 radical (unpaired) electrons. The molecule has 0 fully saturated rings. The van der Waals surface area contributed by atoms with Crippen LogP contribution in [0, 0.1) is 0 Å². The molecule has 1 N–H and O–H groups in total. The summed E-state index contributed by atoms with van der Waals surface area (Å²) >= 11 is 0.696. The maximum Gasteiger partial charge on any atom is 0.443 e. The highest BCUT2D eigenvalue weighted by molar-refractivity contribution is 7.11. The van der Waals surface area contributed by atoms with E-state index < -0.39 is 11.2 Å². The topological polar surface area (TPSA) is 34.1 Å². The standard InChI is InChI=1S/C9H13F3N2OS/c1-15-5-4-13-3-2-7-6-14-8(16-7)9(10,11)12/h6,13H,2-5H2,1H3. The third kappa shape index (κ3) is 4.46. The van der Waals surface area contributed by atoms with Gasteiger partial charge in [-0.3, -0.25) is 0 Å². The maximum absolute atomic E-state index is 12.2. The highest BCUT2D eigenvalue weighted by atomic mass is 32.1. The molecule has 1 aromatic rings. The van der Waals surface area contributed by atoms with Crippen molar-refractivity contribution in [3.63, 3.8) is 0 Å². The molecule has 16 heavy (non-hydrogen) atoms. The zero-order valence-electron chi connectivity index (χ0n) is 8.80.